The van der Waals surface area contributed by atoms with Crippen LogP contribution in [0.5, 0.6) is 0 Å². The molecule has 94 valence electrons. The van der Waals surface area contributed by atoms with E-state index in [-0.39, 0.29) is 0 Å². The summed E-state index contributed by atoms with van der Waals surface area (Å²) in [4.78, 5) is 0. The van der Waals surface area contributed by atoms with Crippen LogP contribution in [0.4, 0.5) is 0 Å². The van der Waals surface area contributed by atoms with E-state index in [2.05, 4.69) is 23.5 Å². The SMILES string of the molecule is CC(NCC1CC2CCC1C2)c1cnn(C)c1. The number of hydrogen-bond acceptors (Lipinski definition) is 2. The summed E-state index contributed by atoms with van der Waals surface area (Å²) in [5.41, 5.74) is 1.30. The summed E-state index contributed by atoms with van der Waals surface area (Å²) in [6.45, 7) is 3.43. The molecule has 2 saturated carbocycles. The van der Waals surface area contributed by atoms with Crippen molar-refractivity contribution in [1.82, 2.24) is 15.1 Å². The van der Waals surface area contributed by atoms with Crippen LogP contribution in [0.25, 0.3) is 0 Å². The molecule has 17 heavy (non-hydrogen) atoms. The van der Waals surface area contributed by atoms with Crippen molar-refractivity contribution in [2.75, 3.05) is 6.54 Å². The van der Waals surface area contributed by atoms with E-state index < -0.39 is 0 Å². The van der Waals surface area contributed by atoms with Gasteiger partial charge in [0.25, 0.3) is 0 Å². The number of fused-ring (bicyclic) bond motifs is 2. The highest BCUT2D eigenvalue weighted by Gasteiger charge is 2.39. The van der Waals surface area contributed by atoms with Gasteiger partial charge in [-0.25, -0.2) is 0 Å². The first-order valence-corrected chi connectivity index (χ1v) is 6.94. The summed E-state index contributed by atoms with van der Waals surface area (Å²) >= 11 is 0. The zero-order valence-corrected chi connectivity index (χ0v) is 10.9. The number of aromatic nitrogens is 2. The highest BCUT2D eigenvalue weighted by atomic mass is 15.2. The van der Waals surface area contributed by atoms with Gasteiger partial charge in [-0.3, -0.25) is 4.68 Å². The minimum atomic E-state index is 0.433. The molecule has 1 aromatic heterocycles. The van der Waals surface area contributed by atoms with E-state index in [9.17, 15) is 0 Å². The van der Waals surface area contributed by atoms with Crippen LogP contribution in [0.1, 0.15) is 44.2 Å². The Morgan fingerprint density at radius 3 is 2.94 bits per heavy atom. The number of nitrogens with one attached hydrogen (secondary N) is 1. The summed E-state index contributed by atoms with van der Waals surface area (Å²) in [6, 6.07) is 0.433. The topological polar surface area (TPSA) is 29.9 Å². The fraction of sp³-hybridized carbons (Fsp3) is 0.786. The lowest BCUT2D eigenvalue weighted by Crippen LogP contribution is -2.28. The Bertz CT molecular complexity index is 385. The van der Waals surface area contributed by atoms with Crippen molar-refractivity contribution in [1.29, 1.82) is 0 Å². The molecule has 0 amide bonds. The van der Waals surface area contributed by atoms with Crippen molar-refractivity contribution in [2.45, 2.75) is 38.6 Å². The third-order valence-electron chi connectivity index (χ3n) is 4.80. The Kier molecular flexibility index (Phi) is 2.95. The quantitative estimate of drug-likeness (QED) is 0.866. The lowest BCUT2D eigenvalue weighted by atomic mass is 9.88. The minimum Gasteiger partial charge on any atom is -0.310 e. The Balaban J connectivity index is 1.51. The first-order valence-electron chi connectivity index (χ1n) is 6.94. The molecule has 0 radical (unpaired) electrons. The molecule has 3 heteroatoms. The van der Waals surface area contributed by atoms with Gasteiger partial charge in [-0.05, 0) is 50.5 Å². The molecule has 1 heterocycles. The maximum atomic E-state index is 4.23. The van der Waals surface area contributed by atoms with Crippen LogP contribution >= 0.6 is 0 Å². The van der Waals surface area contributed by atoms with Crippen LogP contribution in [0.2, 0.25) is 0 Å². The maximum Gasteiger partial charge on any atom is 0.0537 e. The van der Waals surface area contributed by atoms with Crippen molar-refractivity contribution in [3.05, 3.63) is 18.0 Å². The second-order valence-electron chi connectivity index (χ2n) is 6.01. The highest BCUT2D eigenvalue weighted by molar-refractivity contribution is 5.09. The lowest BCUT2D eigenvalue weighted by molar-refractivity contribution is 0.309. The molecule has 4 unspecified atom stereocenters. The van der Waals surface area contributed by atoms with Crippen molar-refractivity contribution in [3.8, 4) is 0 Å². The first-order chi connectivity index (χ1) is 8.22. The van der Waals surface area contributed by atoms with Gasteiger partial charge in [-0.2, -0.15) is 5.10 Å². The highest BCUT2D eigenvalue weighted by Crippen LogP contribution is 2.48. The fourth-order valence-corrected chi connectivity index (χ4v) is 3.74. The molecular weight excluding hydrogens is 210 g/mol. The van der Waals surface area contributed by atoms with Crippen molar-refractivity contribution in [2.24, 2.45) is 24.8 Å². The Labute approximate surface area is 104 Å². The molecule has 0 saturated heterocycles. The standard InChI is InChI=1S/C14H23N3/c1-10(14-8-16-17(2)9-14)15-7-13-6-11-3-4-12(13)5-11/h8-13,15H,3-7H2,1-2H3. The van der Waals surface area contributed by atoms with Gasteiger partial charge in [0.05, 0.1) is 6.20 Å². The van der Waals surface area contributed by atoms with E-state index >= 15 is 0 Å². The second-order valence-corrected chi connectivity index (χ2v) is 6.01. The van der Waals surface area contributed by atoms with Gasteiger partial charge in [-0.1, -0.05) is 6.42 Å². The van der Waals surface area contributed by atoms with Crippen LogP contribution in [0, 0.1) is 17.8 Å². The van der Waals surface area contributed by atoms with Crippen LogP contribution in [-0.4, -0.2) is 16.3 Å². The molecule has 3 nitrogen and oxygen atoms in total. The molecule has 2 aliphatic carbocycles. The Hall–Kier alpha value is -0.830. The van der Waals surface area contributed by atoms with Gasteiger partial charge in [0.15, 0.2) is 0 Å². The van der Waals surface area contributed by atoms with E-state index in [1.165, 1.54) is 37.8 Å². The van der Waals surface area contributed by atoms with Crippen LogP contribution < -0.4 is 5.32 Å². The molecule has 0 spiro atoms. The number of rotatable bonds is 4. The minimum absolute atomic E-state index is 0.433. The van der Waals surface area contributed by atoms with Gasteiger partial charge < -0.3 is 5.32 Å². The predicted molar refractivity (Wildman–Crippen MR) is 68.6 cm³/mol. The van der Waals surface area contributed by atoms with E-state index in [1.54, 1.807) is 0 Å². The first kappa shape index (κ1) is 11.3. The van der Waals surface area contributed by atoms with E-state index in [0.29, 0.717) is 6.04 Å². The van der Waals surface area contributed by atoms with Crippen molar-refractivity contribution in [3.63, 3.8) is 0 Å². The summed E-state index contributed by atoms with van der Waals surface area (Å²) in [6.07, 6.45) is 10.0. The summed E-state index contributed by atoms with van der Waals surface area (Å²) in [5.74, 6) is 3.02. The fourth-order valence-electron chi connectivity index (χ4n) is 3.74. The Morgan fingerprint density at radius 2 is 2.35 bits per heavy atom. The van der Waals surface area contributed by atoms with E-state index in [0.717, 1.165) is 17.8 Å². The van der Waals surface area contributed by atoms with Gasteiger partial charge in [0.2, 0.25) is 0 Å². The number of nitrogens with zero attached hydrogens (tertiary/aromatic N) is 2. The average Bonchev–Trinajstić information content (AvgIpc) is 3.01. The van der Waals surface area contributed by atoms with E-state index in [1.807, 2.05) is 17.9 Å². The van der Waals surface area contributed by atoms with Crippen LogP contribution in [0.15, 0.2) is 12.4 Å². The number of aryl methyl sites for hydroxylation is 1. The summed E-state index contributed by atoms with van der Waals surface area (Å²) in [5, 5.41) is 7.92. The smallest absolute Gasteiger partial charge is 0.0537 e. The maximum absolute atomic E-state index is 4.23. The monoisotopic (exact) mass is 233 g/mol. The molecule has 4 atom stereocenters. The number of hydrogen-bond donors (Lipinski definition) is 1. The molecule has 2 bridgehead atoms. The summed E-state index contributed by atoms with van der Waals surface area (Å²) in [7, 11) is 1.98. The van der Waals surface area contributed by atoms with Gasteiger partial charge in [0, 0.05) is 24.8 Å². The molecule has 0 aliphatic heterocycles. The molecular formula is C14H23N3. The molecule has 1 N–H and O–H groups in total. The predicted octanol–water partition coefficient (Wildman–Crippen LogP) is 2.51. The molecule has 2 aliphatic rings. The largest absolute Gasteiger partial charge is 0.310 e. The van der Waals surface area contributed by atoms with Crippen molar-refractivity contribution >= 4 is 0 Å². The van der Waals surface area contributed by atoms with Crippen LogP contribution in [0.3, 0.4) is 0 Å². The third kappa shape index (κ3) is 2.25. The van der Waals surface area contributed by atoms with Gasteiger partial charge in [0.1, 0.15) is 0 Å². The molecule has 0 aromatic carbocycles. The second kappa shape index (κ2) is 4.45. The van der Waals surface area contributed by atoms with E-state index in [4.69, 9.17) is 0 Å². The molecule has 1 aromatic rings. The molecule has 3 rings (SSSR count). The van der Waals surface area contributed by atoms with Gasteiger partial charge >= 0.3 is 0 Å². The van der Waals surface area contributed by atoms with Crippen LogP contribution in [-0.2, 0) is 7.05 Å². The lowest BCUT2D eigenvalue weighted by Gasteiger charge is -2.23. The average molecular weight is 233 g/mol. The van der Waals surface area contributed by atoms with Crippen molar-refractivity contribution < 1.29 is 0 Å². The third-order valence-corrected chi connectivity index (χ3v) is 4.80. The zero-order valence-electron chi connectivity index (χ0n) is 10.9. The van der Waals surface area contributed by atoms with Gasteiger partial charge in [-0.15, -0.1) is 0 Å². The zero-order chi connectivity index (χ0) is 11.8. The molecule has 2 fully saturated rings. The summed E-state index contributed by atoms with van der Waals surface area (Å²) < 4.78 is 1.88. The normalized spacial score (nSPS) is 33.2. The Morgan fingerprint density at radius 1 is 1.47 bits per heavy atom.